The molecule has 9 heteroatoms. The molecule has 4 rings (SSSR count). The van der Waals surface area contributed by atoms with E-state index in [0.717, 1.165) is 49.0 Å². The highest BCUT2D eigenvalue weighted by molar-refractivity contribution is 6.33. The van der Waals surface area contributed by atoms with E-state index < -0.39 is 17.3 Å². The molecule has 1 aliphatic rings. The van der Waals surface area contributed by atoms with Crippen molar-refractivity contribution in [3.8, 4) is 5.82 Å². The van der Waals surface area contributed by atoms with Crippen LogP contribution in [0.4, 0.5) is 18.9 Å². The zero-order valence-corrected chi connectivity index (χ0v) is 17.3. The molecule has 2 aromatic heterocycles. The fourth-order valence-corrected chi connectivity index (χ4v) is 4.13. The van der Waals surface area contributed by atoms with Crippen LogP contribution in [0.25, 0.3) is 5.82 Å². The van der Waals surface area contributed by atoms with Gasteiger partial charge in [-0.25, -0.2) is 4.98 Å². The minimum Gasteiger partial charge on any atom is -0.366 e. The van der Waals surface area contributed by atoms with Crippen molar-refractivity contribution in [1.82, 2.24) is 14.8 Å². The first-order valence-electron chi connectivity index (χ1n) is 9.96. The number of aryl methyl sites for hydroxylation is 1. The number of hydrogen-bond acceptors (Lipinski definition) is 4. The lowest BCUT2D eigenvalue weighted by Crippen LogP contribution is -2.33. The van der Waals surface area contributed by atoms with Gasteiger partial charge in [-0.3, -0.25) is 4.79 Å². The van der Waals surface area contributed by atoms with Crippen molar-refractivity contribution in [2.75, 3.05) is 11.4 Å². The van der Waals surface area contributed by atoms with Crippen LogP contribution in [0.1, 0.15) is 30.4 Å². The molecule has 0 unspecified atom stereocenters. The van der Waals surface area contributed by atoms with Crippen molar-refractivity contribution in [2.24, 2.45) is 0 Å². The molecule has 0 saturated carbocycles. The maximum atomic E-state index is 12.8. The van der Waals surface area contributed by atoms with Gasteiger partial charge in [-0.05, 0) is 43.4 Å². The molecule has 5 nitrogen and oxygen atoms in total. The number of alkyl halides is 3. The Kier molecular flexibility index (Phi) is 6.00. The Labute approximate surface area is 182 Å². The van der Waals surface area contributed by atoms with Crippen LogP contribution in [-0.2, 0) is 12.6 Å². The van der Waals surface area contributed by atoms with E-state index in [2.05, 4.69) is 27.1 Å². The van der Waals surface area contributed by atoms with E-state index in [4.69, 9.17) is 11.6 Å². The third-order valence-corrected chi connectivity index (χ3v) is 5.84. The Morgan fingerprint density at radius 3 is 2.55 bits per heavy atom. The number of hydrogen-bond donors (Lipinski definition) is 0. The Bertz CT molecular complexity index is 1100. The first kappa shape index (κ1) is 21.4. The van der Waals surface area contributed by atoms with Gasteiger partial charge in [0.05, 0.1) is 17.4 Å². The summed E-state index contributed by atoms with van der Waals surface area (Å²) in [6.45, 7) is 0.767. The van der Waals surface area contributed by atoms with E-state index in [1.807, 2.05) is 18.2 Å². The minimum absolute atomic E-state index is 0.0108. The topological polar surface area (TPSA) is 51.0 Å². The van der Waals surface area contributed by atoms with Crippen molar-refractivity contribution in [2.45, 2.75) is 37.9 Å². The van der Waals surface area contributed by atoms with E-state index in [9.17, 15) is 18.0 Å². The highest BCUT2D eigenvalue weighted by atomic mass is 35.5. The number of benzene rings is 1. The molecule has 31 heavy (non-hydrogen) atoms. The summed E-state index contributed by atoms with van der Waals surface area (Å²) in [6, 6.07) is 12.4. The molecule has 0 N–H and O–H groups in total. The van der Waals surface area contributed by atoms with E-state index in [1.54, 1.807) is 0 Å². The Balaban J connectivity index is 1.56. The SMILES string of the molecule is O=c1c(Cl)c(N2CCC[C@@H]2CCc2ccccc2)cnn1-c1ccc(C(F)(F)F)cn1. The standard InChI is InChI=1S/C22H20ClF3N4O/c23-20-18(29-12-4-7-17(29)10-8-15-5-2-1-3-6-15)14-28-30(21(20)31)19-11-9-16(13-27-19)22(24,25)26/h1-3,5-6,9,11,13-14,17H,4,7-8,10,12H2/t17-/m1/s1. The molecule has 1 aromatic carbocycles. The fourth-order valence-electron chi connectivity index (χ4n) is 3.90. The fraction of sp³-hybridized carbons (Fsp3) is 0.318. The van der Waals surface area contributed by atoms with Gasteiger partial charge in [-0.15, -0.1) is 0 Å². The molecule has 3 heterocycles. The molecule has 0 bridgehead atoms. The molecule has 1 saturated heterocycles. The van der Waals surface area contributed by atoms with Gasteiger partial charge in [0.2, 0.25) is 0 Å². The van der Waals surface area contributed by atoms with Gasteiger partial charge >= 0.3 is 6.18 Å². The highest BCUT2D eigenvalue weighted by Gasteiger charge is 2.31. The Morgan fingerprint density at radius 2 is 1.87 bits per heavy atom. The van der Waals surface area contributed by atoms with Crippen molar-refractivity contribution in [1.29, 1.82) is 0 Å². The van der Waals surface area contributed by atoms with Gasteiger partial charge in [-0.2, -0.15) is 23.0 Å². The Morgan fingerprint density at radius 1 is 1.10 bits per heavy atom. The molecule has 1 aliphatic heterocycles. The predicted molar refractivity (Wildman–Crippen MR) is 113 cm³/mol. The molecule has 0 amide bonds. The maximum absolute atomic E-state index is 12.8. The second-order valence-corrected chi connectivity index (χ2v) is 7.86. The predicted octanol–water partition coefficient (Wildman–Crippen LogP) is 4.90. The monoisotopic (exact) mass is 448 g/mol. The van der Waals surface area contributed by atoms with Crippen LogP contribution < -0.4 is 10.5 Å². The van der Waals surface area contributed by atoms with Gasteiger partial charge in [0.25, 0.3) is 5.56 Å². The summed E-state index contributed by atoms with van der Waals surface area (Å²) in [5, 5.41) is 4.12. The summed E-state index contributed by atoms with van der Waals surface area (Å²) >= 11 is 6.39. The molecule has 1 fully saturated rings. The number of rotatable bonds is 5. The average molecular weight is 449 g/mol. The normalized spacial score (nSPS) is 16.6. The molecular formula is C22H20ClF3N4O. The van der Waals surface area contributed by atoms with Crippen molar-refractivity contribution in [3.05, 3.63) is 81.4 Å². The third-order valence-electron chi connectivity index (χ3n) is 5.49. The third kappa shape index (κ3) is 4.58. The summed E-state index contributed by atoms with van der Waals surface area (Å²) in [7, 11) is 0. The molecular weight excluding hydrogens is 429 g/mol. The van der Waals surface area contributed by atoms with Crippen LogP contribution in [0.3, 0.4) is 0 Å². The number of halogens is 4. The van der Waals surface area contributed by atoms with Gasteiger partial charge in [-0.1, -0.05) is 41.9 Å². The second-order valence-electron chi connectivity index (χ2n) is 7.48. The summed E-state index contributed by atoms with van der Waals surface area (Å²) in [4.78, 5) is 18.6. The number of aromatic nitrogens is 3. The second kappa shape index (κ2) is 8.70. The first-order chi connectivity index (χ1) is 14.8. The number of anilines is 1. The molecule has 0 spiro atoms. The average Bonchev–Trinajstić information content (AvgIpc) is 3.23. The van der Waals surface area contributed by atoms with Gasteiger partial charge < -0.3 is 4.90 Å². The highest BCUT2D eigenvalue weighted by Crippen LogP contribution is 2.32. The van der Waals surface area contributed by atoms with Crippen LogP contribution in [0.15, 0.2) is 59.7 Å². The molecule has 3 aromatic rings. The minimum atomic E-state index is -4.50. The molecule has 162 valence electrons. The Hall–Kier alpha value is -2.87. The number of nitrogens with zero attached hydrogens (tertiary/aromatic N) is 4. The van der Waals surface area contributed by atoms with Crippen molar-refractivity contribution >= 4 is 17.3 Å². The van der Waals surface area contributed by atoms with Gasteiger partial charge in [0.15, 0.2) is 5.82 Å². The maximum Gasteiger partial charge on any atom is 0.417 e. The smallest absolute Gasteiger partial charge is 0.366 e. The summed E-state index contributed by atoms with van der Waals surface area (Å²) in [5.41, 5.74) is 0.290. The van der Waals surface area contributed by atoms with Gasteiger partial charge in [0.1, 0.15) is 5.02 Å². The molecule has 0 aliphatic carbocycles. The lowest BCUT2D eigenvalue weighted by molar-refractivity contribution is -0.137. The zero-order chi connectivity index (χ0) is 22.0. The largest absolute Gasteiger partial charge is 0.417 e. The number of pyridine rings is 1. The summed E-state index contributed by atoms with van der Waals surface area (Å²) < 4.78 is 39.2. The van der Waals surface area contributed by atoms with Crippen molar-refractivity contribution < 1.29 is 13.2 Å². The van der Waals surface area contributed by atoms with E-state index in [1.165, 1.54) is 11.8 Å². The van der Waals surface area contributed by atoms with Crippen LogP contribution in [0.5, 0.6) is 0 Å². The van der Waals surface area contributed by atoms with Crippen LogP contribution >= 0.6 is 11.6 Å². The van der Waals surface area contributed by atoms with Crippen molar-refractivity contribution in [3.63, 3.8) is 0 Å². The zero-order valence-electron chi connectivity index (χ0n) is 16.5. The van der Waals surface area contributed by atoms with E-state index in [-0.39, 0.29) is 16.9 Å². The van der Waals surface area contributed by atoms with E-state index >= 15 is 0 Å². The quantitative estimate of drug-likeness (QED) is 0.557. The molecule has 1 atom stereocenters. The lowest BCUT2D eigenvalue weighted by Gasteiger charge is -2.27. The van der Waals surface area contributed by atoms with Gasteiger partial charge in [0, 0.05) is 18.8 Å². The molecule has 0 radical (unpaired) electrons. The first-order valence-corrected chi connectivity index (χ1v) is 10.3. The van der Waals surface area contributed by atoms with Crippen LogP contribution in [-0.4, -0.2) is 27.4 Å². The van der Waals surface area contributed by atoms with E-state index in [0.29, 0.717) is 11.9 Å². The summed E-state index contributed by atoms with van der Waals surface area (Å²) in [5.74, 6) is -0.0199. The van der Waals surface area contributed by atoms with Crippen LogP contribution in [0.2, 0.25) is 5.02 Å². The van der Waals surface area contributed by atoms with Crippen LogP contribution in [0, 0.1) is 0 Å². The lowest BCUT2D eigenvalue weighted by atomic mass is 10.0. The summed E-state index contributed by atoms with van der Waals surface area (Å²) in [6.07, 6.45) is 1.47.